The summed E-state index contributed by atoms with van der Waals surface area (Å²) in [6, 6.07) is 6.61. The Labute approximate surface area is 184 Å². The van der Waals surface area contributed by atoms with E-state index in [-0.39, 0.29) is 35.8 Å². The van der Waals surface area contributed by atoms with Crippen molar-refractivity contribution >= 4 is 29.8 Å². The number of carboxylic acid groups (broad SMARTS) is 1. The van der Waals surface area contributed by atoms with E-state index in [0.29, 0.717) is 11.1 Å². The van der Waals surface area contributed by atoms with Gasteiger partial charge in [-0.3, -0.25) is 9.59 Å². The minimum absolute atomic E-state index is 0.114. The summed E-state index contributed by atoms with van der Waals surface area (Å²) in [7, 11) is 5.93. The molecule has 0 fully saturated rings. The number of benzene rings is 2. The van der Waals surface area contributed by atoms with E-state index < -0.39 is 24.0 Å². The van der Waals surface area contributed by atoms with Gasteiger partial charge in [0.15, 0.2) is 23.0 Å². The number of hydrogen-bond acceptors (Lipinski definition) is 9. The van der Waals surface area contributed by atoms with Crippen LogP contribution in [0.3, 0.4) is 0 Å². The minimum Gasteiger partial charge on any atom is -0.504 e. The molecule has 10 nitrogen and oxygen atoms in total. The summed E-state index contributed by atoms with van der Waals surface area (Å²) in [5.74, 6) is -2.56. The summed E-state index contributed by atoms with van der Waals surface area (Å²) in [5, 5.41) is 44.9. The van der Waals surface area contributed by atoms with Crippen LogP contribution in [-0.2, 0) is 27.2 Å². The molecule has 0 radical (unpaired) electrons. The Kier molecular flexibility index (Phi) is 13.2. The number of phenolic OH excluding ortho intramolecular Hbond substituents is 4. The summed E-state index contributed by atoms with van der Waals surface area (Å²) >= 11 is 0. The largest absolute Gasteiger partial charge is 0.504 e. The van der Waals surface area contributed by atoms with Crippen molar-refractivity contribution in [3.05, 3.63) is 47.5 Å². The monoisotopic (exact) mass is 474 g/mol. The third-order valence-corrected chi connectivity index (χ3v) is 3.81. The molecule has 0 bridgehead atoms. The number of aliphatic carboxylic acids is 1. The van der Waals surface area contributed by atoms with Crippen LogP contribution in [0, 0.1) is 0 Å². The SMILES string of the molecule is COC(=O)C(N)Cc1ccc(O)c(O)c1.NC(Cc1ccc(O)c(O)c1)C(=O)O.PP. The fraction of sp³-hybridized carbons (Fsp3) is 0.263. The molecule has 0 saturated heterocycles. The minimum atomic E-state index is -1.10. The van der Waals surface area contributed by atoms with Crippen molar-refractivity contribution < 1.29 is 39.9 Å². The number of rotatable bonds is 6. The van der Waals surface area contributed by atoms with E-state index in [1.54, 1.807) is 6.07 Å². The number of aromatic hydroxyl groups is 4. The molecule has 4 atom stereocenters. The van der Waals surface area contributed by atoms with Crippen molar-refractivity contribution in [3.63, 3.8) is 0 Å². The van der Waals surface area contributed by atoms with Crippen LogP contribution >= 0.6 is 17.9 Å². The lowest BCUT2D eigenvalue weighted by atomic mass is 10.1. The van der Waals surface area contributed by atoms with E-state index in [4.69, 9.17) is 31.9 Å². The van der Waals surface area contributed by atoms with Crippen molar-refractivity contribution in [1.82, 2.24) is 0 Å². The van der Waals surface area contributed by atoms with Crippen LogP contribution < -0.4 is 11.5 Å². The number of carbonyl (C=O) groups excluding carboxylic acids is 1. The molecule has 172 valence electrons. The molecule has 0 saturated carbocycles. The zero-order valence-corrected chi connectivity index (χ0v) is 19.1. The number of carboxylic acids is 1. The molecule has 12 heteroatoms. The van der Waals surface area contributed by atoms with Gasteiger partial charge in [-0.1, -0.05) is 12.1 Å². The molecule has 0 spiro atoms. The van der Waals surface area contributed by atoms with Crippen LogP contribution in [-0.4, -0.2) is 56.7 Å². The van der Waals surface area contributed by atoms with Gasteiger partial charge in [-0.2, -0.15) is 0 Å². The van der Waals surface area contributed by atoms with Gasteiger partial charge in [0.25, 0.3) is 0 Å². The number of carbonyl (C=O) groups is 2. The van der Waals surface area contributed by atoms with E-state index in [9.17, 15) is 14.7 Å². The lowest BCUT2D eigenvalue weighted by molar-refractivity contribution is -0.142. The maximum absolute atomic E-state index is 11.0. The van der Waals surface area contributed by atoms with Crippen LogP contribution in [0.2, 0.25) is 0 Å². The van der Waals surface area contributed by atoms with E-state index in [0.717, 1.165) is 0 Å². The van der Waals surface area contributed by atoms with Crippen molar-refractivity contribution in [2.45, 2.75) is 24.9 Å². The highest BCUT2D eigenvalue weighted by molar-refractivity contribution is 7.92. The molecule has 2 aromatic carbocycles. The molecule has 4 unspecified atom stereocenters. The van der Waals surface area contributed by atoms with E-state index in [2.05, 4.69) is 22.6 Å². The van der Waals surface area contributed by atoms with Crippen molar-refractivity contribution in [3.8, 4) is 23.0 Å². The smallest absolute Gasteiger partial charge is 0.322 e. The molecule has 0 aliphatic heterocycles. The van der Waals surface area contributed by atoms with Crippen molar-refractivity contribution in [2.24, 2.45) is 11.5 Å². The second-order valence-corrected chi connectivity index (χ2v) is 6.13. The third-order valence-electron chi connectivity index (χ3n) is 3.81. The summed E-state index contributed by atoms with van der Waals surface area (Å²) in [6.45, 7) is 0. The first-order valence-electron chi connectivity index (χ1n) is 8.72. The fourth-order valence-electron chi connectivity index (χ4n) is 2.22. The van der Waals surface area contributed by atoms with Crippen molar-refractivity contribution in [1.29, 1.82) is 0 Å². The van der Waals surface area contributed by atoms with Gasteiger partial charge < -0.3 is 41.7 Å². The first-order chi connectivity index (χ1) is 14.5. The second-order valence-electron chi connectivity index (χ2n) is 6.13. The maximum Gasteiger partial charge on any atom is 0.322 e. The maximum atomic E-state index is 11.0. The Morgan fingerprint density at radius 3 is 1.55 bits per heavy atom. The molecule has 0 amide bonds. The molecule has 0 heterocycles. The van der Waals surface area contributed by atoms with Gasteiger partial charge in [0.2, 0.25) is 0 Å². The van der Waals surface area contributed by atoms with Gasteiger partial charge in [0, 0.05) is 0 Å². The van der Waals surface area contributed by atoms with Crippen LogP contribution in [0.25, 0.3) is 0 Å². The molecule has 9 N–H and O–H groups in total. The van der Waals surface area contributed by atoms with Crippen molar-refractivity contribution in [2.75, 3.05) is 7.11 Å². The highest BCUT2D eigenvalue weighted by Gasteiger charge is 2.15. The molecule has 2 rings (SSSR count). The average molecular weight is 474 g/mol. The predicted molar refractivity (Wildman–Crippen MR) is 122 cm³/mol. The van der Waals surface area contributed by atoms with E-state index in [1.165, 1.54) is 37.4 Å². The highest BCUT2D eigenvalue weighted by Crippen LogP contribution is 2.26. The van der Waals surface area contributed by atoms with Gasteiger partial charge in [-0.15, -0.1) is 17.9 Å². The molecule has 0 aliphatic carbocycles. The van der Waals surface area contributed by atoms with E-state index in [1.807, 2.05) is 0 Å². The number of ether oxygens (including phenoxy) is 1. The summed E-state index contributed by atoms with van der Waals surface area (Å²) in [4.78, 5) is 21.4. The first kappa shape index (κ1) is 28.4. The third kappa shape index (κ3) is 10.3. The second kappa shape index (κ2) is 14.4. The Morgan fingerprint density at radius 2 is 1.23 bits per heavy atom. The first-order valence-corrected chi connectivity index (χ1v) is 11.4. The van der Waals surface area contributed by atoms with E-state index >= 15 is 0 Å². The topological polar surface area (TPSA) is 197 Å². The van der Waals surface area contributed by atoms with Gasteiger partial charge in [-0.05, 0) is 48.2 Å². The molecular formula is C19H28N2O8P2. The molecule has 0 aliphatic rings. The number of nitrogens with two attached hydrogens (primary N) is 2. The lowest BCUT2D eigenvalue weighted by Gasteiger charge is -2.09. The Hall–Kier alpha value is -2.64. The predicted octanol–water partition coefficient (Wildman–Crippen LogP) is 0.844. The number of hydrogen-bond donors (Lipinski definition) is 7. The Balaban J connectivity index is 0.000000539. The standard InChI is InChI=1S/C10H13NO4.C9H11NO4.H4P2/c1-15-10(14)7(11)4-6-2-3-8(12)9(13)5-6;10-6(9(13)14)3-5-1-2-7(11)8(12)4-5;1-2/h2-3,5,7,12-13H,4,11H2,1H3;1-2,4,6,11-12H,3,10H2,(H,13,14);1-2H2. The Morgan fingerprint density at radius 1 is 0.839 bits per heavy atom. The van der Waals surface area contributed by atoms with Gasteiger partial charge in [0.05, 0.1) is 7.11 Å². The van der Waals surface area contributed by atoms with Gasteiger partial charge >= 0.3 is 11.9 Å². The summed E-state index contributed by atoms with van der Waals surface area (Å²) in [5.41, 5.74) is 12.0. The van der Waals surface area contributed by atoms with Gasteiger partial charge in [-0.25, -0.2) is 0 Å². The fourth-order valence-corrected chi connectivity index (χ4v) is 2.22. The number of phenols is 4. The molecule has 31 heavy (non-hydrogen) atoms. The van der Waals surface area contributed by atoms with Crippen LogP contribution in [0.4, 0.5) is 0 Å². The molecule has 0 aromatic heterocycles. The van der Waals surface area contributed by atoms with Crippen LogP contribution in [0.15, 0.2) is 36.4 Å². The van der Waals surface area contributed by atoms with Crippen LogP contribution in [0.1, 0.15) is 11.1 Å². The molecule has 2 aromatic rings. The van der Waals surface area contributed by atoms with Crippen LogP contribution in [0.5, 0.6) is 23.0 Å². The quantitative estimate of drug-likeness (QED) is 0.179. The number of methoxy groups -OCH3 is 1. The molecular weight excluding hydrogens is 446 g/mol. The lowest BCUT2D eigenvalue weighted by Crippen LogP contribution is -2.33. The number of esters is 1. The zero-order valence-electron chi connectivity index (χ0n) is 16.8. The normalized spacial score (nSPS) is 11.6. The van der Waals surface area contributed by atoms with Gasteiger partial charge in [0.1, 0.15) is 12.1 Å². The summed E-state index contributed by atoms with van der Waals surface area (Å²) < 4.78 is 4.46. The highest BCUT2D eigenvalue weighted by atomic mass is 32.0. The zero-order chi connectivity index (χ0) is 24.1. The Bertz CT molecular complexity index is 867. The average Bonchev–Trinajstić information content (AvgIpc) is 2.74. The summed E-state index contributed by atoms with van der Waals surface area (Å²) in [6.07, 6.45) is 0.365.